The molecule has 0 radical (unpaired) electrons. The van der Waals surface area contributed by atoms with Crippen molar-refractivity contribution in [3.63, 3.8) is 0 Å². The van der Waals surface area contributed by atoms with Gasteiger partial charge in [0.25, 0.3) is 0 Å². The van der Waals surface area contributed by atoms with Gasteiger partial charge in [-0.15, -0.1) is 0 Å². The van der Waals surface area contributed by atoms with E-state index >= 15 is 0 Å². The Morgan fingerprint density at radius 2 is 0.694 bits per heavy atom. The lowest BCUT2D eigenvalue weighted by Crippen LogP contribution is -2.45. The summed E-state index contributed by atoms with van der Waals surface area (Å²) in [6.07, 6.45) is 67.6. The summed E-state index contributed by atoms with van der Waals surface area (Å²) in [6.45, 7) is 4.23. The fourth-order valence-corrected chi connectivity index (χ4v) is 8.65. The SMILES string of the molecule is CCCCCCCCCCCCCC/C=C\CCCCCCCCCCCCCC(O)CC(=O)NC(CO)C(O)/C=C/CC/C=C/CCCCCCCCCCCCCCCC. The predicted molar refractivity (Wildman–Crippen MR) is 273 cm³/mol. The normalized spacial score (nSPS) is 13.6. The first kappa shape index (κ1) is 60.6. The molecule has 0 aliphatic heterocycles. The molecular weight excluding hydrogens is 763 g/mol. The van der Waals surface area contributed by atoms with Crippen molar-refractivity contribution in [2.45, 2.75) is 315 Å². The Morgan fingerprint density at radius 3 is 1.03 bits per heavy atom. The van der Waals surface area contributed by atoms with E-state index in [1.165, 1.54) is 238 Å². The molecule has 4 N–H and O–H groups in total. The molecule has 0 saturated heterocycles. The Kier molecular flexibility index (Phi) is 51.0. The first-order chi connectivity index (χ1) is 30.5. The number of carbonyl (C=O) groups is 1. The molecule has 0 spiro atoms. The summed E-state index contributed by atoms with van der Waals surface area (Å²) < 4.78 is 0. The number of hydrogen-bond donors (Lipinski definition) is 4. The van der Waals surface area contributed by atoms with Crippen LogP contribution in [0.4, 0.5) is 0 Å². The summed E-state index contributed by atoms with van der Waals surface area (Å²) in [6, 6.07) is -0.761. The van der Waals surface area contributed by atoms with Crippen molar-refractivity contribution >= 4 is 5.91 Å². The van der Waals surface area contributed by atoms with Crippen molar-refractivity contribution in [2.75, 3.05) is 6.61 Å². The van der Waals surface area contributed by atoms with E-state index in [-0.39, 0.29) is 18.9 Å². The van der Waals surface area contributed by atoms with Crippen molar-refractivity contribution in [3.8, 4) is 0 Å². The molecular formula is C57H109NO4. The van der Waals surface area contributed by atoms with E-state index in [0.717, 1.165) is 32.1 Å². The van der Waals surface area contributed by atoms with Gasteiger partial charge in [0, 0.05) is 0 Å². The van der Waals surface area contributed by atoms with E-state index in [0.29, 0.717) is 6.42 Å². The van der Waals surface area contributed by atoms with E-state index < -0.39 is 18.2 Å². The van der Waals surface area contributed by atoms with Crippen LogP contribution in [-0.4, -0.2) is 46.1 Å². The van der Waals surface area contributed by atoms with E-state index in [1.54, 1.807) is 6.08 Å². The minimum atomic E-state index is -0.952. The zero-order valence-corrected chi connectivity index (χ0v) is 41.8. The van der Waals surface area contributed by atoms with Crippen LogP contribution in [0.1, 0.15) is 296 Å². The second kappa shape index (κ2) is 52.2. The van der Waals surface area contributed by atoms with Gasteiger partial charge in [0.2, 0.25) is 5.91 Å². The summed E-state index contributed by atoms with van der Waals surface area (Å²) in [5.41, 5.74) is 0. The van der Waals surface area contributed by atoms with Crippen molar-refractivity contribution in [3.05, 3.63) is 36.5 Å². The number of amides is 1. The maximum Gasteiger partial charge on any atom is 0.222 e. The van der Waals surface area contributed by atoms with E-state index in [4.69, 9.17) is 0 Å². The molecule has 0 aliphatic rings. The monoisotopic (exact) mass is 872 g/mol. The molecule has 3 unspecified atom stereocenters. The molecule has 0 aromatic carbocycles. The first-order valence-corrected chi connectivity index (χ1v) is 27.8. The lowest BCUT2D eigenvalue weighted by Gasteiger charge is -2.21. The van der Waals surface area contributed by atoms with E-state index in [9.17, 15) is 20.1 Å². The van der Waals surface area contributed by atoms with Gasteiger partial charge in [0.1, 0.15) is 0 Å². The molecule has 0 aliphatic carbocycles. The number of carbonyl (C=O) groups excluding carboxylic acids is 1. The quantitative estimate of drug-likeness (QED) is 0.0362. The Labute approximate surface area is 387 Å². The lowest BCUT2D eigenvalue weighted by molar-refractivity contribution is -0.124. The minimum absolute atomic E-state index is 0.00675. The van der Waals surface area contributed by atoms with Crippen LogP contribution in [0, 0.1) is 0 Å². The van der Waals surface area contributed by atoms with Crippen molar-refractivity contribution in [2.24, 2.45) is 0 Å². The van der Waals surface area contributed by atoms with Gasteiger partial charge >= 0.3 is 0 Å². The molecule has 5 heteroatoms. The largest absolute Gasteiger partial charge is 0.394 e. The fourth-order valence-electron chi connectivity index (χ4n) is 8.65. The standard InChI is InChI=1S/C57H109NO4/c1-3-5-7-9-11-13-15-17-19-21-23-25-26-27-28-29-30-31-32-34-36-38-40-42-44-46-48-50-54(60)52-57(62)58-55(53-59)56(61)51-49-47-45-43-41-39-37-35-33-24-22-20-18-16-14-12-10-8-6-4-2/h27-28,41,43,49,51,54-56,59-61H,3-26,29-40,42,44-48,50,52-53H2,1-2H3,(H,58,62)/b28-27-,43-41+,51-49+. The number of hydrogen-bond acceptors (Lipinski definition) is 4. The Hall–Kier alpha value is -1.43. The number of aliphatic hydroxyl groups excluding tert-OH is 3. The third-order valence-electron chi connectivity index (χ3n) is 12.9. The van der Waals surface area contributed by atoms with Crippen LogP contribution in [-0.2, 0) is 4.79 Å². The first-order valence-electron chi connectivity index (χ1n) is 27.8. The second-order valence-corrected chi connectivity index (χ2v) is 19.2. The number of unbranched alkanes of at least 4 members (excludes halogenated alkanes) is 38. The topological polar surface area (TPSA) is 89.8 Å². The molecule has 62 heavy (non-hydrogen) atoms. The van der Waals surface area contributed by atoms with Gasteiger partial charge in [0.15, 0.2) is 0 Å². The van der Waals surface area contributed by atoms with Gasteiger partial charge in [-0.1, -0.05) is 269 Å². The van der Waals surface area contributed by atoms with E-state index in [1.807, 2.05) is 6.08 Å². The third kappa shape index (κ3) is 48.0. The second-order valence-electron chi connectivity index (χ2n) is 19.2. The van der Waals surface area contributed by atoms with Crippen LogP contribution in [0.5, 0.6) is 0 Å². The van der Waals surface area contributed by atoms with E-state index in [2.05, 4.69) is 43.5 Å². The molecule has 0 rings (SSSR count). The average molecular weight is 873 g/mol. The average Bonchev–Trinajstić information content (AvgIpc) is 3.27. The lowest BCUT2D eigenvalue weighted by atomic mass is 10.0. The van der Waals surface area contributed by atoms with Gasteiger partial charge in [-0.2, -0.15) is 0 Å². The highest BCUT2D eigenvalue weighted by molar-refractivity contribution is 5.76. The van der Waals surface area contributed by atoms with Gasteiger partial charge in [-0.25, -0.2) is 0 Å². The van der Waals surface area contributed by atoms with Crippen molar-refractivity contribution < 1.29 is 20.1 Å². The predicted octanol–water partition coefficient (Wildman–Crippen LogP) is 17.1. The molecule has 366 valence electrons. The molecule has 0 aromatic heterocycles. The molecule has 0 heterocycles. The van der Waals surface area contributed by atoms with Crippen LogP contribution in [0.15, 0.2) is 36.5 Å². The number of allylic oxidation sites excluding steroid dienone is 5. The van der Waals surface area contributed by atoms with Gasteiger partial charge in [0.05, 0.1) is 31.3 Å². The van der Waals surface area contributed by atoms with Gasteiger partial charge < -0.3 is 20.6 Å². The highest BCUT2D eigenvalue weighted by Gasteiger charge is 2.20. The van der Waals surface area contributed by atoms with Crippen LogP contribution in [0.3, 0.4) is 0 Å². The molecule has 3 atom stereocenters. The van der Waals surface area contributed by atoms with Crippen molar-refractivity contribution in [1.29, 1.82) is 0 Å². The molecule has 0 fully saturated rings. The number of nitrogens with one attached hydrogen (secondary N) is 1. The minimum Gasteiger partial charge on any atom is -0.394 e. The van der Waals surface area contributed by atoms with Gasteiger partial charge in [-0.05, 0) is 57.8 Å². The maximum absolute atomic E-state index is 12.5. The summed E-state index contributed by atoms with van der Waals surface area (Å²) in [5.74, 6) is -0.322. The summed E-state index contributed by atoms with van der Waals surface area (Å²) in [7, 11) is 0. The molecule has 1 amide bonds. The Bertz CT molecular complexity index is 962. The molecule has 0 aromatic rings. The zero-order chi connectivity index (χ0) is 45.1. The smallest absolute Gasteiger partial charge is 0.222 e. The van der Waals surface area contributed by atoms with Crippen LogP contribution >= 0.6 is 0 Å². The zero-order valence-electron chi connectivity index (χ0n) is 41.8. The molecule has 0 saturated carbocycles. The van der Waals surface area contributed by atoms with Crippen LogP contribution in [0.2, 0.25) is 0 Å². The van der Waals surface area contributed by atoms with Gasteiger partial charge in [-0.3, -0.25) is 4.79 Å². The van der Waals surface area contributed by atoms with Crippen LogP contribution < -0.4 is 5.32 Å². The number of aliphatic hydroxyl groups is 3. The maximum atomic E-state index is 12.5. The van der Waals surface area contributed by atoms with Crippen molar-refractivity contribution in [1.82, 2.24) is 5.32 Å². The molecule has 0 bridgehead atoms. The highest BCUT2D eigenvalue weighted by atomic mass is 16.3. The summed E-state index contributed by atoms with van der Waals surface area (Å²) in [5, 5.41) is 33.4. The third-order valence-corrected chi connectivity index (χ3v) is 12.9. The summed E-state index contributed by atoms with van der Waals surface area (Å²) in [4.78, 5) is 12.5. The van der Waals surface area contributed by atoms with Crippen LogP contribution in [0.25, 0.3) is 0 Å². The summed E-state index contributed by atoms with van der Waals surface area (Å²) >= 11 is 0. The highest BCUT2D eigenvalue weighted by Crippen LogP contribution is 2.17. The number of rotatable bonds is 51. The fraction of sp³-hybridized carbons (Fsp3) is 0.877. The Morgan fingerprint density at radius 1 is 0.403 bits per heavy atom. The molecule has 5 nitrogen and oxygen atoms in total. The Balaban J connectivity index is 3.59.